The summed E-state index contributed by atoms with van der Waals surface area (Å²) in [6, 6.07) is 0. The molecule has 112 valence electrons. The Kier molecular flexibility index (Phi) is 3.88. The number of hydrogen-bond donors (Lipinski definition) is 2. The molecule has 1 saturated carbocycles. The van der Waals surface area contributed by atoms with Crippen molar-refractivity contribution in [2.75, 3.05) is 6.54 Å². The molecule has 2 rings (SSSR count). The second kappa shape index (κ2) is 5.17. The molecule has 1 aliphatic rings. The van der Waals surface area contributed by atoms with E-state index in [2.05, 4.69) is 23.7 Å². The molecule has 0 saturated heterocycles. The van der Waals surface area contributed by atoms with Crippen LogP contribution in [0.2, 0.25) is 0 Å². The van der Waals surface area contributed by atoms with Crippen molar-refractivity contribution >= 4 is 16.0 Å². The second-order valence-electron chi connectivity index (χ2n) is 5.61. The maximum absolute atomic E-state index is 12.1. The van der Waals surface area contributed by atoms with Crippen LogP contribution < -0.4 is 4.72 Å². The number of hydrogen-bond acceptors (Lipinski definition) is 4. The Hall–Kier alpha value is -1.41. The molecule has 0 aromatic carbocycles. The maximum Gasteiger partial charge on any atom is 0.325 e. The van der Waals surface area contributed by atoms with Crippen molar-refractivity contribution < 1.29 is 18.3 Å². The minimum atomic E-state index is -3.63. The number of carbonyl (C=O) groups is 1. The number of sulfonamides is 1. The fraction of sp³-hybridized carbons (Fsp3) is 0.667. The molecule has 1 fully saturated rings. The number of aliphatic carboxylic acids is 1. The quantitative estimate of drug-likeness (QED) is 0.771. The van der Waals surface area contributed by atoms with Crippen LogP contribution in [-0.2, 0) is 21.4 Å². The minimum Gasteiger partial charge on any atom is -0.480 e. The lowest BCUT2D eigenvalue weighted by molar-refractivity contribution is -0.137. The van der Waals surface area contributed by atoms with Gasteiger partial charge in [-0.1, -0.05) is 13.8 Å². The van der Waals surface area contributed by atoms with Crippen molar-refractivity contribution in [1.82, 2.24) is 14.5 Å². The molecule has 0 amide bonds. The molecule has 1 heterocycles. The summed E-state index contributed by atoms with van der Waals surface area (Å²) in [4.78, 5) is 10.5. The Morgan fingerprint density at radius 1 is 1.55 bits per heavy atom. The van der Waals surface area contributed by atoms with E-state index in [4.69, 9.17) is 5.11 Å². The molecule has 8 heteroatoms. The summed E-state index contributed by atoms with van der Waals surface area (Å²) >= 11 is 0. The Bertz CT molecular complexity index is 602. The molecular formula is C12H19N3O4S. The lowest BCUT2D eigenvalue weighted by Gasteiger charge is -2.19. The lowest BCUT2D eigenvalue weighted by Crippen LogP contribution is -2.32. The van der Waals surface area contributed by atoms with Crippen LogP contribution in [0.1, 0.15) is 26.7 Å². The SMILES string of the molecule is CC(C)C1(CNS(=O)(=O)c2cnn(CC(=O)O)c2)CC1. The average Bonchev–Trinajstić information content (AvgIpc) is 3.00. The van der Waals surface area contributed by atoms with E-state index in [-0.39, 0.29) is 16.9 Å². The molecule has 7 nitrogen and oxygen atoms in total. The van der Waals surface area contributed by atoms with Crippen LogP contribution in [0, 0.1) is 11.3 Å². The van der Waals surface area contributed by atoms with Crippen LogP contribution in [0.15, 0.2) is 17.3 Å². The van der Waals surface area contributed by atoms with Crippen LogP contribution in [0.3, 0.4) is 0 Å². The molecule has 0 spiro atoms. The lowest BCUT2D eigenvalue weighted by atomic mass is 9.93. The zero-order chi connectivity index (χ0) is 15.0. The Balaban J connectivity index is 2.03. The van der Waals surface area contributed by atoms with E-state index in [1.165, 1.54) is 12.4 Å². The van der Waals surface area contributed by atoms with E-state index in [0.29, 0.717) is 12.5 Å². The second-order valence-corrected chi connectivity index (χ2v) is 7.38. The topological polar surface area (TPSA) is 101 Å². The van der Waals surface area contributed by atoms with Gasteiger partial charge in [0.05, 0.1) is 6.20 Å². The average molecular weight is 301 g/mol. The van der Waals surface area contributed by atoms with Gasteiger partial charge in [0.1, 0.15) is 11.4 Å². The van der Waals surface area contributed by atoms with E-state index < -0.39 is 16.0 Å². The van der Waals surface area contributed by atoms with Crippen molar-refractivity contribution in [3.63, 3.8) is 0 Å². The van der Waals surface area contributed by atoms with E-state index in [9.17, 15) is 13.2 Å². The van der Waals surface area contributed by atoms with Gasteiger partial charge in [0.15, 0.2) is 0 Å². The monoisotopic (exact) mass is 301 g/mol. The van der Waals surface area contributed by atoms with Gasteiger partial charge in [0.2, 0.25) is 10.0 Å². The van der Waals surface area contributed by atoms with Crippen LogP contribution in [0.25, 0.3) is 0 Å². The predicted molar refractivity (Wildman–Crippen MR) is 71.6 cm³/mol. The van der Waals surface area contributed by atoms with Crippen molar-refractivity contribution in [3.8, 4) is 0 Å². The third-order valence-corrected chi connectivity index (χ3v) is 5.30. The first-order valence-electron chi connectivity index (χ1n) is 6.49. The summed E-state index contributed by atoms with van der Waals surface area (Å²) in [6.45, 7) is 4.24. The highest BCUT2D eigenvalue weighted by Gasteiger charge is 2.45. The van der Waals surface area contributed by atoms with E-state index in [1.54, 1.807) is 0 Å². The number of carboxylic acid groups (broad SMARTS) is 1. The van der Waals surface area contributed by atoms with Gasteiger partial charge in [0.25, 0.3) is 0 Å². The largest absolute Gasteiger partial charge is 0.480 e. The predicted octanol–water partition coefficient (Wildman–Crippen LogP) is 0.682. The van der Waals surface area contributed by atoms with Crippen LogP contribution in [0.4, 0.5) is 0 Å². The molecule has 0 bridgehead atoms. The van der Waals surface area contributed by atoms with Gasteiger partial charge in [-0.25, -0.2) is 13.1 Å². The summed E-state index contributed by atoms with van der Waals surface area (Å²) in [5, 5.41) is 12.4. The minimum absolute atomic E-state index is 0.00157. The van der Waals surface area contributed by atoms with Crippen LogP contribution in [0.5, 0.6) is 0 Å². The molecule has 20 heavy (non-hydrogen) atoms. The van der Waals surface area contributed by atoms with Gasteiger partial charge in [-0.3, -0.25) is 9.48 Å². The molecule has 0 atom stereocenters. The highest BCUT2D eigenvalue weighted by Crippen LogP contribution is 2.51. The fourth-order valence-corrected chi connectivity index (χ4v) is 3.24. The van der Waals surface area contributed by atoms with E-state index in [0.717, 1.165) is 17.5 Å². The first-order valence-corrected chi connectivity index (χ1v) is 7.97. The Morgan fingerprint density at radius 2 is 2.20 bits per heavy atom. The van der Waals surface area contributed by atoms with Gasteiger partial charge in [-0.2, -0.15) is 5.10 Å². The van der Waals surface area contributed by atoms with Gasteiger partial charge in [-0.15, -0.1) is 0 Å². The summed E-state index contributed by atoms with van der Waals surface area (Å²) < 4.78 is 27.9. The van der Waals surface area contributed by atoms with E-state index in [1.807, 2.05) is 0 Å². The normalized spacial score (nSPS) is 17.4. The molecular weight excluding hydrogens is 282 g/mol. The fourth-order valence-electron chi connectivity index (χ4n) is 2.15. The number of rotatable bonds is 7. The number of aromatic nitrogens is 2. The van der Waals surface area contributed by atoms with Gasteiger partial charge in [0, 0.05) is 12.7 Å². The highest BCUT2D eigenvalue weighted by atomic mass is 32.2. The van der Waals surface area contributed by atoms with Gasteiger partial charge < -0.3 is 5.11 Å². The zero-order valence-electron chi connectivity index (χ0n) is 11.5. The molecule has 1 aromatic rings. The zero-order valence-corrected chi connectivity index (χ0v) is 12.4. The smallest absolute Gasteiger partial charge is 0.325 e. The highest BCUT2D eigenvalue weighted by molar-refractivity contribution is 7.89. The summed E-state index contributed by atoms with van der Waals surface area (Å²) in [5.74, 6) is -0.637. The number of carboxylic acids is 1. The molecule has 2 N–H and O–H groups in total. The van der Waals surface area contributed by atoms with Crippen molar-refractivity contribution in [1.29, 1.82) is 0 Å². The van der Waals surface area contributed by atoms with Crippen LogP contribution >= 0.6 is 0 Å². The Labute approximate surface area is 118 Å². The van der Waals surface area contributed by atoms with Crippen LogP contribution in [-0.4, -0.2) is 35.8 Å². The van der Waals surface area contributed by atoms with E-state index >= 15 is 0 Å². The number of nitrogens with one attached hydrogen (secondary N) is 1. The molecule has 0 radical (unpaired) electrons. The Morgan fingerprint density at radius 3 is 2.70 bits per heavy atom. The van der Waals surface area contributed by atoms with Crippen molar-refractivity contribution in [3.05, 3.63) is 12.4 Å². The molecule has 0 aliphatic heterocycles. The van der Waals surface area contributed by atoms with Crippen molar-refractivity contribution in [2.24, 2.45) is 11.3 Å². The summed E-state index contributed by atoms with van der Waals surface area (Å²) in [6.07, 6.45) is 4.46. The standard InChI is InChI=1S/C12H19N3O4S/c1-9(2)12(3-4-12)8-14-20(18,19)10-5-13-15(6-10)7-11(16)17/h5-6,9,14H,3-4,7-8H2,1-2H3,(H,16,17). The van der Waals surface area contributed by atoms with Gasteiger partial charge in [-0.05, 0) is 24.2 Å². The van der Waals surface area contributed by atoms with Crippen molar-refractivity contribution in [2.45, 2.75) is 38.1 Å². The first kappa shape index (κ1) is 15.0. The summed E-state index contributed by atoms with van der Waals surface area (Å²) in [7, 11) is -3.63. The third kappa shape index (κ3) is 3.18. The molecule has 0 unspecified atom stereocenters. The first-order chi connectivity index (χ1) is 9.25. The number of nitrogens with zero attached hydrogens (tertiary/aromatic N) is 2. The summed E-state index contributed by atoms with van der Waals surface area (Å²) in [5.41, 5.74) is 0.0735. The maximum atomic E-state index is 12.1. The van der Waals surface area contributed by atoms with Gasteiger partial charge >= 0.3 is 5.97 Å². The third-order valence-electron chi connectivity index (χ3n) is 3.95. The molecule has 1 aromatic heterocycles. The molecule has 1 aliphatic carbocycles.